The molecule has 6 heteroatoms. The van der Waals surface area contributed by atoms with E-state index in [0.29, 0.717) is 23.7 Å². The van der Waals surface area contributed by atoms with Gasteiger partial charge in [0, 0.05) is 43.5 Å². The van der Waals surface area contributed by atoms with Crippen LogP contribution in [0, 0.1) is 13.8 Å². The largest absolute Gasteiger partial charge is 0.456 e. The summed E-state index contributed by atoms with van der Waals surface area (Å²) < 4.78 is 21.4. The molecule has 0 N–H and O–H groups in total. The standard InChI is InChI=1S/C76H66B2N2O2/c1-43-19-23-49(24-20-43)53-29-33-67-61(39-53)77-63-41-55(47-15-7-8-16-47)37-59-57-35-51(45-11-3-4-12-45)27-31-65(57)79(71(59)63)73-69(77)75(81-67)74-70-76(73)82-68-34-30-54(50-25-21-44(2)22-26-50)40-62(68)78(70)64-42-56(48-17-9-10-18-48)38-60-58-36-52(46-13-5-6-14-46)28-32-66(58)80(74)72(60)64/h19-42,45-48H,3-18H2,1-2H3. The Morgan fingerprint density at radius 2 is 0.695 bits per heavy atom. The maximum absolute atomic E-state index is 8.00. The number of nitrogens with zero attached hydrogens (tertiary/aromatic N) is 2. The Labute approximate surface area is 481 Å². The minimum absolute atomic E-state index is 0.111. The van der Waals surface area contributed by atoms with Gasteiger partial charge in [0.1, 0.15) is 23.0 Å². The zero-order chi connectivity index (χ0) is 53.6. The third kappa shape index (κ3) is 6.58. The van der Waals surface area contributed by atoms with Crippen LogP contribution in [0.4, 0.5) is 0 Å². The van der Waals surface area contributed by atoms with Crippen LogP contribution in [0.1, 0.15) is 160 Å². The number of hydrogen-bond donors (Lipinski definition) is 0. The van der Waals surface area contributed by atoms with Crippen LogP contribution >= 0.6 is 0 Å². The highest BCUT2D eigenvalue weighted by Gasteiger charge is 2.51. The number of fused-ring (bicyclic) bond motifs is 16. The summed E-state index contributed by atoms with van der Waals surface area (Å²) in [5.41, 5.74) is 28.8. The van der Waals surface area contributed by atoms with Crippen LogP contribution in [0.5, 0.6) is 23.0 Å². The zero-order valence-electron chi connectivity index (χ0n) is 47.3. The van der Waals surface area contributed by atoms with Crippen molar-refractivity contribution in [3.63, 3.8) is 0 Å². The first-order valence-corrected chi connectivity index (χ1v) is 31.7. The molecule has 4 saturated carbocycles. The van der Waals surface area contributed by atoms with Crippen molar-refractivity contribution in [1.82, 2.24) is 9.13 Å². The topological polar surface area (TPSA) is 28.3 Å². The molecule has 0 unspecified atom stereocenters. The van der Waals surface area contributed by atoms with Crippen molar-refractivity contribution in [1.29, 1.82) is 0 Å². The lowest BCUT2D eigenvalue weighted by molar-refractivity contribution is 0.472. The molecule has 19 rings (SSSR count). The molecule has 4 fully saturated rings. The number of hydrogen-bond acceptors (Lipinski definition) is 2. The van der Waals surface area contributed by atoms with E-state index >= 15 is 0 Å². The Hall–Kier alpha value is -7.69. The molecule has 9 aromatic carbocycles. The summed E-state index contributed by atoms with van der Waals surface area (Å²) in [6, 6.07) is 58.4. The molecule has 0 saturated heterocycles. The lowest BCUT2D eigenvalue weighted by Crippen LogP contribution is -2.63. The molecule has 4 aliphatic carbocycles. The van der Waals surface area contributed by atoms with Gasteiger partial charge in [0.25, 0.3) is 13.4 Å². The molecule has 82 heavy (non-hydrogen) atoms. The Balaban J connectivity index is 0.976. The summed E-state index contributed by atoms with van der Waals surface area (Å²) in [4.78, 5) is 0. The summed E-state index contributed by atoms with van der Waals surface area (Å²) in [5.74, 6) is 6.19. The fraction of sp³-hybridized carbons (Fsp3) is 0.289. The predicted octanol–water partition coefficient (Wildman–Crippen LogP) is 16.3. The summed E-state index contributed by atoms with van der Waals surface area (Å²) >= 11 is 0. The fourth-order valence-electron chi connectivity index (χ4n) is 18.0. The third-order valence-corrected chi connectivity index (χ3v) is 22.1. The van der Waals surface area contributed by atoms with E-state index in [2.05, 4.69) is 169 Å². The van der Waals surface area contributed by atoms with Gasteiger partial charge in [0.05, 0.1) is 22.4 Å². The smallest absolute Gasteiger partial charge is 0.256 e. The molecule has 0 bridgehead atoms. The summed E-state index contributed by atoms with van der Waals surface area (Å²) in [6.07, 6.45) is 20.6. The second kappa shape index (κ2) is 17.4. The second-order valence-electron chi connectivity index (χ2n) is 26.7. The summed E-state index contributed by atoms with van der Waals surface area (Å²) in [7, 11) is 0. The molecule has 4 aliphatic heterocycles. The molecule has 0 radical (unpaired) electrons. The highest BCUT2D eigenvalue weighted by Crippen LogP contribution is 2.51. The highest BCUT2D eigenvalue weighted by atomic mass is 16.5. The molecule has 0 amide bonds. The summed E-state index contributed by atoms with van der Waals surface area (Å²) in [5, 5.41) is 5.55. The quantitative estimate of drug-likeness (QED) is 0.155. The number of aryl methyl sites for hydroxylation is 2. The van der Waals surface area contributed by atoms with E-state index in [1.54, 1.807) is 0 Å². The monoisotopic (exact) mass is 1060 g/mol. The van der Waals surface area contributed by atoms with Gasteiger partial charge in [-0.15, -0.1) is 0 Å². The fourth-order valence-corrected chi connectivity index (χ4v) is 18.0. The number of aromatic nitrogens is 2. The van der Waals surface area contributed by atoms with Gasteiger partial charge in [-0.1, -0.05) is 160 Å². The minimum atomic E-state index is -0.111. The SMILES string of the molecule is Cc1ccc(-c2ccc3c(c2)B2c4c(c5c6c(c4-n4c7ccc(C8CCCC8)cc7c7cc(C8CCCC8)cc2c74)Oc2ccc(-c4ccc(C)cc4)cc2B6c2cc(C4CCCC4)cc4c6cc(C7CCCC7)ccc6n-5c24)O3)cc1. The first-order valence-electron chi connectivity index (χ1n) is 31.7. The average Bonchev–Trinajstić information content (AvgIpc) is 1.33. The van der Waals surface area contributed by atoms with E-state index in [0.717, 1.165) is 34.4 Å². The van der Waals surface area contributed by atoms with Crippen LogP contribution in [0.25, 0.3) is 77.2 Å². The molecule has 398 valence electrons. The first-order chi connectivity index (χ1) is 40.5. The third-order valence-electron chi connectivity index (χ3n) is 22.1. The van der Waals surface area contributed by atoms with Crippen molar-refractivity contribution in [3.05, 3.63) is 179 Å². The lowest BCUT2D eigenvalue weighted by Gasteiger charge is -2.41. The predicted molar refractivity (Wildman–Crippen MR) is 343 cm³/mol. The maximum Gasteiger partial charge on any atom is 0.256 e. The average molecular weight is 1060 g/mol. The number of ether oxygens (including phenoxy) is 2. The van der Waals surface area contributed by atoms with Crippen LogP contribution in [0.3, 0.4) is 0 Å². The van der Waals surface area contributed by atoms with Crippen molar-refractivity contribution >= 4 is 89.8 Å². The molecular weight excluding hydrogens is 994 g/mol. The van der Waals surface area contributed by atoms with Gasteiger partial charge in [-0.25, -0.2) is 0 Å². The van der Waals surface area contributed by atoms with E-state index < -0.39 is 0 Å². The van der Waals surface area contributed by atoms with Crippen molar-refractivity contribution in [3.8, 4) is 56.6 Å². The van der Waals surface area contributed by atoms with Crippen molar-refractivity contribution in [2.24, 2.45) is 0 Å². The van der Waals surface area contributed by atoms with E-state index in [9.17, 15) is 0 Å². The molecule has 11 aromatic rings. The molecular formula is C76H66B2N2O2. The molecule has 2 aromatic heterocycles. The van der Waals surface area contributed by atoms with E-state index in [1.807, 2.05) is 0 Å². The van der Waals surface area contributed by atoms with E-state index in [-0.39, 0.29) is 13.4 Å². The molecule has 4 nitrogen and oxygen atoms in total. The minimum Gasteiger partial charge on any atom is -0.456 e. The van der Waals surface area contributed by atoms with Crippen LogP contribution < -0.4 is 42.3 Å². The maximum atomic E-state index is 8.00. The number of rotatable bonds is 6. The van der Waals surface area contributed by atoms with E-state index in [1.165, 1.54) is 235 Å². The van der Waals surface area contributed by atoms with Gasteiger partial charge in [-0.3, -0.25) is 0 Å². The first kappa shape index (κ1) is 46.9. The molecule has 0 spiro atoms. The van der Waals surface area contributed by atoms with Gasteiger partial charge in [-0.2, -0.15) is 0 Å². The van der Waals surface area contributed by atoms with Gasteiger partial charge in [0.2, 0.25) is 0 Å². The Morgan fingerprint density at radius 1 is 0.341 bits per heavy atom. The zero-order valence-corrected chi connectivity index (χ0v) is 47.3. The van der Waals surface area contributed by atoms with Crippen LogP contribution in [-0.2, 0) is 0 Å². The molecule has 0 atom stereocenters. The Morgan fingerprint density at radius 3 is 1.09 bits per heavy atom. The van der Waals surface area contributed by atoms with Crippen molar-refractivity contribution < 1.29 is 9.47 Å². The number of benzene rings is 9. The van der Waals surface area contributed by atoms with Gasteiger partial charge in [-0.05, 0) is 204 Å². The van der Waals surface area contributed by atoms with Gasteiger partial charge in [0.15, 0.2) is 0 Å². The summed E-state index contributed by atoms with van der Waals surface area (Å²) in [6.45, 7) is 4.15. The van der Waals surface area contributed by atoms with Crippen LogP contribution in [0.15, 0.2) is 146 Å². The molecule has 6 heterocycles. The Bertz CT molecular complexity index is 4280. The highest BCUT2D eigenvalue weighted by molar-refractivity contribution is 7.02. The van der Waals surface area contributed by atoms with Crippen molar-refractivity contribution in [2.45, 2.75) is 140 Å². The van der Waals surface area contributed by atoms with Gasteiger partial charge < -0.3 is 18.6 Å². The normalized spacial score (nSPS) is 18.0. The lowest BCUT2D eigenvalue weighted by atomic mass is 9.31. The van der Waals surface area contributed by atoms with Crippen molar-refractivity contribution in [2.75, 3.05) is 0 Å². The second-order valence-corrected chi connectivity index (χ2v) is 26.7. The van der Waals surface area contributed by atoms with Crippen LogP contribution in [-0.4, -0.2) is 22.6 Å². The Kier molecular flexibility index (Phi) is 9.96. The van der Waals surface area contributed by atoms with Crippen LogP contribution in [0.2, 0.25) is 0 Å². The van der Waals surface area contributed by atoms with Gasteiger partial charge >= 0.3 is 0 Å². The van der Waals surface area contributed by atoms with E-state index in [4.69, 9.17) is 9.47 Å². The molecule has 8 aliphatic rings.